The lowest BCUT2D eigenvalue weighted by molar-refractivity contribution is 0.186. The monoisotopic (exact) mass is 238 g/mol. The van der Waals surface area contributed by atoms with Gasteiger partial charge in [0.15, 0.2) is 0 Å². The maximum Gasteiger partial charge on any atom is 0.00840 e. The van der Waals surface area contributed by atoms with Crippen LogP contribution < -0.4 is 0 Å². The zero-order valence-corrected chi connectivity index (χ0v) is 8.39. The van der Waals surface area contributed by atoms with Gasteiger partial charge in [0.1, 0.15) is 0 Å². The van der Waals surface area contributed by atoms with Gasteiger partial charge in [-0.3, -0.25) is 0 Å². The van der Waals surface area contributed by atoms with Crippen molar-refractivity contribution in [1.82, 2.24) is 0 Å². The fraction of sp³-hybridized carbons (Fsp3) is 1.00. The standard InChI is InChI=1S/C8H15I/c1-6-3-4-8(6)5-7(2)9/h6-8H,3-5H2,1-2H3. The third kappa shape index (κ3) is 2.10. The van der Waals surface area contributed by atoms with Crippen LogP contribution in [0, 0.1) is 11.8 Å². The molecule has 1 aliphatic carbocycles. The van der Waals surface area contributed by atoms with Gasteiger partial charge in [-0.05, 0) is 24.7 Å². The van der Waals surface area contributed by atoms with Gasteiger partial charge < -0.3 is 0 Å². The first-order valence-electron chi connectivity index (χ1n) is 3.84. The van der Waals surface area contributed by atoms with Gasteiger partial charge in [0, 0.05) is 3.92 Å². The minimum atomic E-state index is 0.885. The van der Waals surface area contributed by atoms with Crippen LogP contribution in [0.15, 0.2) is 0 Å². The Morgan fingerprint density at radius 1 is 1.56 bits per heavy atom. The van der Waals surface area contributed by atoms with E-state index in [0.29, 0.717) is 0 Å². The van der Waals surface area contributed by atoms with Crippen molar-refractivity contribution in [3.8, 4) is 0 Å². The molecule has 0 aromatic rings. The van der Waals surface area contributed by atoms with Crippen LogP contribution in [0.1, 0.15) is 33.1 Å². The van der Waals surface area contributed by atoms with Gasteiger partial charge >= 0.3 is 0 Å². The Morgan fingerprint density at radius 2 is 2.22 bits per heavy atom. The van der Waals surface area contributed by atoms with Crippen molar-refractivity contribution in [2.24, 2.45) is 11.8 Å². The summed E-state index contributed by atoms with van der Waals surface area (Å²) in [4.78, 5) is 0. The molecule has 3 atom stereocenters. The van der Waals surface area contributed by atoms with Crippen molar-refractivity contribution in [2.75, 3.05) is 0 Å². The zero-order chi connectivity index (χ0) is 6.85. The van der Waals surface area contributed by atoms with Gasteiger partial charge in [0.2, 0.25) is 0 Å². The van der Waals surface area contributed by atoms with E-state index in [4.69, 9.17) is 0 Å². The summed E-state index contributed by atoms with van der Waals surface area (Å²) in [6, 6.07) is 0. The molecule has 0 nitrogen and oxygen atoms in total. The fourth-order valence-corrected chi connectivity index (χ4v) is 2.16. The van der Waals surface area contributed by atoms with Gasteiger partial charge in [-0.1, -0.05) is 42.9 Å². The summed E-state index contributed by atoms with van der Waals surface area (Å²) in [6.07, 6.45) is 4.42. The first kappa shape index (κ1) is 7.83. The molecule has 1 aliphatic rings. The molecule has 1 heteroatoms. The maximum atomic E-state index is 2.52. The van der Waals surface area contributed by atoms with Gasteiger partial charge in [0.25, 0.3) is 0 Å². The van der Waals surface area contributed by atoms with E-state index in [2.05, 4.69) is 36.4 Å². The van der Waals surface area contributed by atoms with Gasteiger partial charge in [0.05, 0.1) is 0 Å². The van der Waals surface area contributed by atoms with E-state index in [9.17, 15) is 0 Å². The molecule has 3 unspecified atom stereocenters. The quantitative estimate of drug-likeness (QED) is 0.511. The molecule has 0 amide bonds. The largest absolute Gasteiger partial charge is 0.0829 e. The summed E-state index contributed by atoms with van der Waals surface area (Å²) in [6.45, 7) is 4.69. The van der Waals surface area contributed by atoms with Gasteiger partial charge in [-0.15, -0.1) is 0 Å². The predicted octanol–water partition coefficient (Wildman–Crippen LogP) is 3.25. The lowest BCUT2D eigenvalue weighted by Crippen LogP contribution is -2.24. The van der Waals surface area contributed by atoms with Crippen LogP contribution in [0.25, 0.3) is 0 Å². The molecular formula is C8H15I. The number of alkyl halides is 1. The van der Waals surface area contributed by atoms with Crippen LogP contribution in [0.2, 0.25) is 0 Å². The van der Waals surface area contributed by atoms with E-state index in [1.807, 2.05) is 0 Å². The predicted molar refractivity (Wildman–Crippen MR) is 50.0 cm³/mol. The maximum absolute atomic E-state index is 2.52. The molecule has 0 aromatic heterocycles. The second kappa shape index (κ2) is 3.22. The van der Waals surface area contributed by atoms with Crippen LogP contribution in [-0.2, 0) is 0 Å². The Morgan fingerprint density at radius 3 is 2.33 bits per heavy atom. The Balaban J connectivity index is 2.13. The molecule has 54 valence electrons. The van der Waals surface area contributed by atoms with Gasteiger partial charge in [-0.2, -0.15) is 0 Å². The topological polar surface area (TPSA) is 0 Å². The first-order valence-corrected chi connectivity index (χ1v) is 5.08. The third-order valence-electron chi connectivity index (χ3n) is 2.43. The van der Waals surface area contributed by atoms with Gasteiger partial charge in [-0.25, -0.2) is 0 Å². The molecule has 0 radical (unpaired) electrons. The molecule has 0 aliphatic heterocycles. The highest BCUT2D eigenvalue weighted by Gasteiger charge is 2.26. The van der Waals surface area contributed by atoms with Crippen LogP contribution >= 0.6 is 22.6 Å². The molecule has 1 rings (SSSR count). The molecule has 1 fully saturated rings. The Kier molecular flexibility index (Phi) is 2.80. The van der Waals surface area contributed by atoms with Crippen molar-refractivity contribution in [2.45, 2.75) is 37.0 Å². The molecule has 9 heavy (non-hydrogen) atoms. The summed E-state index contributed by atoms with van der Waals surface area (Å²) in [5.41, 5.74) is 0. The highest BCUT2D eigenvalue weighted by molar-refractivity contribution is 14.1. The van der Waals surface area contributed by atoms with E-state index in [1.54, 1.807) is 0 Å². The highest BCUT2D eigenvalue weighted by atomic mass is 127. The third-order valence-corrected chi connectivity index (χ3v) is 2.93. The fourth-order valence-electron chi connectivity index (χ4n) is 1.50. The van der Waals surface area contributed by atoms with Crippen LogP contribution in [-0.4, -0.2) is 3.92 Å². The summed E-state index contributed by atoms with van der Waals surface area (Å²) in [5.74, 6) is 2.10. The van der Waals surface area contributed by atoms with Crippen LogP contribution in [0.5, 0.6) is 0 Å². The van der Waals surface area contributed by atoms with E-state index < -0.39 is 0 Å². The molecule has 0 aromatic carbocycles. The minimum Gasteiger partial charge on any atom is -0.0829 e. The first-order chi connectivity index (χ1) is 4.20. The number of hydrogen-bond acceptors (Lipinski definition) is 0. The van der Waals surface area contributed by atoms with Crippen molar-refractivity contribution in [3.63, 3.8) is 0 Å². The Labute approximate surface area is 71.5 Å². The second-order valence-corrected chi connectivity index (χ2v) is 5.46. The number of rotatable bonds is 2. The average Bonchev–Trinajstić information content (AvgIpc) is 1.79. The van der Waals surface area contributed by atoms with Crippen molar-refractivity contribution >= 4 is 22.6 Å². The molecule has 0 N–H and O–H groups in total. The van der Waals surface area contributed by atoms with Crippen molar-refractivity contribution in [3.05, 3.63) is 0 Å². The van der Waals surface area contributed by atoms with E-state index in [1.165, 1.54) is 19.3 Å². The summed E-state index contributed by atoms with van der Waals surface area (Å²) < 4.78 is 0.885. The van der Waals surface area contributed by atoms with E-state index >= 15 is 0 Å². The number of halogens is 1. The molecule has 0 spiro atoms. The number of hydrogen-bond donors (Lipinski definition) is 0. The molecular weight excluding hydrogens is 223 g/mol. The Bertz CT molecular complexity index is 88.6. The average molecular weight is 238 g/mol. The summed E-state index contributed by atoms with van der Waals surface area (Å²) in [7, 11) is 0. The van der Waals surface area contributed by atoms with Crippen molar-refractivity contribution in [1.29, 1.82) is 0 Å². The summed E-state index contributed by atoms with van der Waals surface area (Å²) in [5, 5.41) is 0. The lowest BCUT2D eigenvalue weighted by Gasteiger charge is -2.34. The lowest BCUT2D eigenvalue weighted by atomic mass is 9.73. The minimum absolute atomic E-state index is 0.885. The van der Waals surface area contributed by atoms with Crippen molar-refractivity contribution < 1.29 is 0 Å². The molecule has 0 heterocycles. The molecule has 0 bridgehead atoms. The van der Waals surface area contributed by atoms with E-state index in [-0.39, 0.29) is 0 Å². The van der Waals surface area contributed by atoms with Crippen LogP contribution in [0.4, 0.5) is 0 Å². The van der Waals surface area contributed by atoms with E-state index in [0.717, 1.165) is 15.8 Å². The second-order valence-electron chi connectivity index (χ2n) is 3.33. The molecule has 1 saturated carbocycles. The Hall–Kier alpha value is 0.730. The van der Waals surface area contributed by atoms with Crippen LogP contribution in [0.3, 0.4) is 0 Å². The molecule has 0 saturated heterocycles. The zero-order valence-electron chi connectivity index (χ0n) is 6.23. The normalized spacial score (nSPS) is 37.7. The smallest absolute Gasteiger partial charge is 0.00840 e. The SMILES string of the molecule is CC(I)CC1CCC1C. The summed E-state index contributed by atoms with van der Waals surface area (Å²) >= 11 is 2.52. The highest BCUT2D eigenvalue weighted by Crippen LogP contribution is 2.37.